The molecule has 0 bridgehead atoms. The lowest BCUT2D eigenvalue weighted by Crippen LogP contribution is -2.51. The predicted molar refractivity (Wildman–Crippen MR) is 123 cm³/mol. The number of piperazine rings is 1. The normalized spacial score (nSPS) is 14.7. The van der Waals surface area contributed by atoms with E-state index in [1.165, 1.54) is 12.1 Å². The summed E-state index contributed by atoms with van der Waals surface area (Å²) in [6.45, 7) is 7.61. The molecule has 170 valence electrons. The molecule has 1 fully saturated rings. The van der Waals surface area contributed by atoms with Crippen LogP contribution >= 0.6 is 0 Å². The van der Waals surface area contributed by atoms with E-state index in [2.05, 4.69) is 9.97 Å². The average molecular weight is 441 g/mol. The molecule has 0 radical (unpaired) electrons. The third-order valence-electron chi connectivity index (χ3n) is 5.35. The first kappa shape index (κ1) is 23.4. The summed E-state index contributed by atoms with van der Waals surface area (Å²) >= 11 is 0. The van der Waals surface area contributed by atoms with Gasteiger partial charge in [-0.1, -0.05) is 32.9 Å². The number of amides is 1. The van der Waals surface area contributed by atoms with Gasteiger partial charge in [-0.25, -0.2) is 14.4 Å². The maximum absolute atomic E-state index is 14.0. The number of hydrogen-bond acceptors (Lipinski definition) is 6. The second-order valence-corrected chi connectivity index (χ2v) is 7.29. The van der Waals surface area contributed by atoms with Crippen LogP contribution in [0.5, 0.6) is 5.75 Å². The number of fused-ring (bicyclic) bond motifs is 1. The fourth-order valence-electron chi connectivity index (χ4n) is 3.63. The number of hydrogen-bond donors (Lipinski definition) is 2. The van der Waals surface area contributed by atoms with Crippen molar-refractivity contribution in [3.8, 4) is 17.1 Å². The van der Waals surface area contributed by atoms with Crippen molar-refractivity contribution in [1.82, 2.24) is 14.9 Å². The van der Waals surface area contributed by atoms with Crippen LogP contribution in [0.2, 0.25) is 0 Å². The minimum Gasteiger partial charge on any atom is -0.507 e. The third-order valence-corrected chi connectivity index (χ3v) is 5.35. The Balaban J connectivity index is 0.00000141. The largest absolute Gasteiger partial charge is 0.507 e. The zero-order valence-electron chi connectivity index (χ0n) is 18.6. The molecule has 1 atom stereocenters. The van der Waals surface area contributed by atoms with Crippen LogP contribution in [0, 0.1) is 5.82 Å². The Labute approximate surface area is 187 Å². The first-order valence-electron chi connectivity index (χ1n) is 11.0. The molecule has 2 N–H and O–H groups in total. The maximum Gasteiger partial charge on any atom is 0.251 e. The van der Waals surface area contributed by atoms with E-state index in [-0.39, 0.29) is 17.5 Å². The highest BCUT2D eigenvalue weighted by Gasteiger charge is 2.27. The van der Waals surface area contributed by atoms with Gasteiger partial charge in [0.1, 0.15) is 23.5 Å². The molecular weight excluding hydrogens is 411 g/mol. The van der Waals surface area contributed by atoms with E-state index >= 15 is 0 Å². The molecule has 7 nitrogen and oxygen atoms in total. The van der Waals surface area contributed by atoms with Gasteiger partial charge < -0.3 is 20.0 Å². The summed E-state index contributed by atoms with van der Waals surface area (Å²) in [4.78, 5) is 25.1. The van der Waals surface area contributed by atoms with Crippen molar-refractivity contribution < 1.29 is 19.4 Å². The number of aromatic nitrogens is 2. The van der Waals surface area contributed by atoms with Gasteiger partial charge in [0, 0.05) is 31.6 Å². The molecule has 0 saturated carbocycles. The van der Waals surface area contributed by atoms with Gasteiger partial charge in [0.05, 0.1) is 11.1 Å². The summed E-state index contributed by atoms with van der Waals surface area (Å²) < 4.78 is 14.0. The van der Waals surface area contributed by atoms with E-state index in [0.717, 1.165) is 0 Å². The lowest BCUT2D eigenvalue weighted by Gasteiger charge is -2.36. The Hall–Kier alpha value is -3.26. The minimum atomic E-state index is -0.988. The van der Waals surface area contributed by atoms with Gasteiger partial charge in [-0.3, -0.25) is 4.79 Å². The summed E-state index contributed by atoms with van der Waals surface area (Å²) in [5.41, 5.74) is 1.06. The lowest BCUT2D eigenvalue weighted by molar-refractivity contribution is -0.140. The number of nitrogens with zero attached hydrogens (tertiary/aromatic N) is 4. The number of aliphatic hydroxyl groups excluding tert-OH is 1. The summed E-state index contributed by atoms with van der Waals surface area (Å²) in [6, 6.07) is 11.1. The quantitative estimate of drug-likeness (QED) is 0.645. The van der Waals surface area contributed by atoms with E-state index in [9.17, 15) is 19.4 Å². The molecule has 1 aliphatic rings. The van der Waals surface area contributed by atoms with Gasteiger partial charge in [-0.05, 0) is 36.8 Å². The van der Waals surface area contributed by atoms with Crippen LogP contribution in [0.3, 0.4) is 0 Å². The van der Waals surface area contributed by atoms with Gasteiger partial charge >= 0.3 is 0 Å². The third kappa shape index (κ3) is 4.80. The van der Waals surface area contributed by atoms with Crippen molar-refractivity contribution >= 4 is 22.6 Å². The minimum absolute atomic E-state index is 0.0638. The van der Waals surface area contributed by atoms with Crippen molar-refractivity contribution in [2.24, 2.45) is 0 Å². The molecule has 1 aliphatic heterocycles. The number of aliphatic hydroxyl groups is 1. The monoisotopic (exact) mass is 440 g/mol. The lowest BCUT2D eigenvalue weighted by atomic mass is 10.1. The van der Waals surface area contributed by atoms with Crippen molar-refractivity contribution in [3.63, 3.8) is 0 Å². The number of carbonyl (C=O) groups excluding carboxylic acids is 1. The van der Waals surface area contributed by atoms with Crippen LogP contribution in [-0.2, 0) is 4.79 Å². The second kappa shape index (κ2) is 10.4. The fourth-order valence-corrected chi connectivity index (χ4v) is 3.63. The topological polar surface area (TPSA) is 89.8 Å². The van der Waals surface area contributed by atoms with Crippen LogP contribution in [0.1, 0.15) is 27.2 Å². The van der Waals surface area contributed by atoms with Gasteiger partial charge in [0.15, 0.2) is 5.82 Å². The molecule has 8 heteroatoms. The highest BCUT2D eigenvalue weighted by atomic mass is 19.1. The Morgan fingerprint density at radius 2 is 1.78 bits per heavy atom. The van der Waals surface area contributed by atoms with Crippen LogP contribution in [0.4, 0.5) is 10.2 Å². The van der Waals surface area contributed by atoms with Crippen molar-refractivity contribution in [2.75, 3.05) is 31.1 Å². The Morgan fingerprint density at radius 1 is 1.09 bits per heavy atom. The second-order valence-electron chi connectivity index (χ2n) is 7.29. The number of para-hydroxylation sites is 1. The maximum atomic E-state index is 14.0. The summed E-state index contributed by atoms with van der Waals surface area (Å²) in [5.74, 6) is 0.310. The van der Waals surface area contributed by atoms with E-state index in [1.54, 1.807) is 42.2 Å². The number of phenolic OH excluding ortho intramolecular Hbond substituents is 1. The molecule has 4 rings (SSSR count). The molecule has 2 aromatic carbocycles. The van der Waals surface area contributed by atoms with Crippen LogP contribution < -0.4 is 4.90 Å². The van der Waals surface area contributed by atoms with E-state index in [0.29, 0.717) is 60.7 Å². The summed E-state index contributed by atoms with van der Waals surface area (Å²) in [6.07, 6.45) is -0.614. The Kier molecular flexibility index (Phi) is 7.58. The van der Waals surface area contributed by atoms with E-state index < -0.39 is 6.10 Å². The number of anilines is 1. The standard InChI is InChI=1S/C22H23FN4O3.C2H6/c1-2-18(28)22(30)27-11-9-26(10-12-27)21-16-13-14(23)7-8-17(16)24-20(25-21)15-5-3-4-6-19(15)29;1-2/h3-8,13,18,28-29H,2,9-12H2,1H3;1-2H3. The van der Waals surface area contributed by atoms with Crippen LogP contribution in [-0.4, -0.2) is 63.3 Å². The highest BCUT2D eigenvalue weighted by molar-refractivity contribution is 5.91. The van der Waals surface area contributed by atoms with Crippen molar-refractivity contribution in [1.29, 1.82) is 0 Å². The zero-order chi connectivity index (χ0) is 23.3. The number of aromatic hydroxyl groups is 1. The number of carbonyl (C=O) groups is 1. The first-order chi connectivity index (χ1) is 15.5. The van der Waals surface area contributed by atoms with Gasteiger partial charge in [-0.2, -0.15) is 0 Å². The number of phenols is 1. The summed E-state index contributed by atoms with van der Waals surface area (Å²) in [5, 5.41) is 20.6. The molecule has 32 heavy (non-hydrogen) atoms. The number of rotatable bonds is 4. The fraction of sp³-hybridized carbons (Fsp3) is 0.375. The zero-order valence-corrected chi connectivity index (χ0v) is 18.6. The highest BCUT2D eigenvalue weighted by Crippen LogP contribution is 2.32. The number of benzene rings is 2. The van der Waals surface area contributed by atoms with Crippen LogP contribution in [0.25, 0.3) is 22.3 Å². The molecule has 3 aromatic rings. The van der Waals surface area contributed by atoms with E-state index in [4.69, 9.17) is 0 Å². The van der Waals surface area contributed by atoms with E-state index in [1.807, 2.05) is 18.7 Å². The predicted octanol–water partition coefficient (Wildman–Crippen LogP) is 3.59. The first-order valence-corrected chi connectivity index (χ1v) is 11.0. The van der Waals surface area contributed by atoms with Crippen molar-refractivity contribution in [3.05, 3.63) is 48.3 Å². The average Bonchev–Trinajstić information content (AvgIpc) is 2.84. The molecule has 0 spiro atoms. The molecule has 1 aromatic heterocycles. The van der Waals surface area contributed by atoms with Crippen molar-refractivity contribution in [2.45, 2.75) is 33.3 Å². The molecule has 1 unspecified atom stereocenters. The van der Waals surface area contributed by atoms with Gasteiger partial charge in [-0.15, -0.1) is 0 Å². The summed E-state index contributed by atoms with van der Waals surface area (Å²) in [7, 11) is 0. The molecule has 2 heterocycles. The molecule has 1 saturated heterocycles. The smallest absolute Gasteiger partial charge is 0.251 e. The molecular formula is C24H29FN4O3. The molecule has 1 amide bonds. The van der Waals surface area contributed by atoms with Crippen LogP contribution in [0.15, 0.2) is 42.5 Å². The van der Waals surface area contributed by atoms with Gasteiger partial charge in [0.2, 0.25) is 0 Å². The van der Waals surface area contributed by atoms with Gasteiger partial charge in [0.25, 0.3) is 5.91 Å². The SMILES string of the molecule is CC.CCC(O)C(=O)N1CCN(c2nc(-c3ccccc3O)nc3ccc(F)cc23)CC1. The Bertz CT molecular complexity index is 1080. The molecule has 0 aliphatic carbocycles. The Morgan fingerprint density at radius 3 is 2.44 bits per heavy atom. The number of halogens is 1.